The zero-order chi connectivity index (χ0) is 12.8. The predicted molar refractivity (Wildman–Crippen MR) is 98.2 cm³/mol. The first kappa shape index (κ1) is 30.6. The van der Waals surface area contributed by atoms with E-state index in [0.29, 0.717) is 0 Å². The lowest BCUT2D eigenvalue weighted by molar-refractivity contribution is 1.50. The summed E-state index contributed by atoms with van der Waals surface area (Å²) >= 11 is 0. The van der Waals surface area contributed by atoms with Crippen molar-refractivity contribution in [3.63, 3.8) is 0 Å². The number of fused-ring (bicyclic) bond motifs is 1. The number of rotatable bonds is 0. The van der Waals surface area contributed by atoms with Crippen molar-refractivity contribution in [1.82, 2.24) is 0 Å². The van der Waals surface area contributed by atoms with E-state index in [-0.39, 0.29) is 22.3 Å². The summed E-state index contributed by atoms with van der Waals surface area (Å²) in [6, 6.07) is 16.7. The molecular formula is C19H38. The van der Waals surface area contributed by atoms with Gasteiger partial charge in [-0.2, -0.15) is 0 Å². The van der Waals surface area contributed by atoms with E-state index in [9.17, 15) is 0 Å². The van der Waals surface area contributed by atoms with Crippen molar-refractivity contribution in [3.05, 3.63) is 48.5 Å². The normalized spacial score (nSPS) is 6.21. The molecule has 2 rings (SSSR count). The second-order valence-electron chi connectivity index (χ2n) is 2.35. The first-order chi connectivity index (χ1) is 7.97. The molecule has 0 spiro atoms. The Hall–Kier alpha value is -1.30. The molecule has 0 N–H and O–H groups in total. The Bertz CT molecular complexity index is 271. The van der Waals surface area contributed by atoms with Crippen LogP contribution < -0.4 is 0 Å². The molecule has 2 aromatic rings. The van der Waals surface area contributed by atoms with Crippen molar-refractivity contribution in [2.75, 3.05) is 0 Å². The summed E-state index contributed by atoms with van der Waals surface area (Å²) in [5.74, 6) is 0. The Morgan fingerprint density at radius 3 is 0.737 bits per heavy atom. The average Bonchev–Trinajstić information content (AvgIpc) is 2.45. The van der Waals surface area contributed by atoms with E-state index in [1.807, 2.05) is 41.5 Å². The monoisotopic (exact) mass is 266 g/mol. The smallest absolute Gasteiger partial charge is 0.0184 e. The second-order valence-corrected chi connectivity index (χ2v) is 2.35. The molecule has 0 amide bonds. The molecule has 0 nitrogen and oxygen atoms in total. The van der Waals surface area contributed by atoms with Crippen LogP contribution in [0.5, 0.6) is 0 Å². The van der Waals surface area contributed by atoms with Gasteiger partial charge in [0.1, 0.15) is 0 Å². The highest BCUT2D eigenvalue weighted by Gasteiger charge is 1.85. The van der Waals surface area contributed by atoms with Crippen molar-refractivity contribution in [2.24, 2.45) is 0 Å². The quantitative estimate of drug-likeness (QED) is 0.456. The molecule has 0 saturated carbocycles. The summed E-state index contributed by atoms with van der Waals surface area (Å²) in [7, 11) is 0. The van der Waals surface area contributed by atoms with Crippen molar-refractivity contribution in [1.29, 1.82) is 0 Å². The highest BCUT2D eigenvalue weighted by Crippen LogP contribution is 2.11. The fourth-order valence-corrected chi connectivity index (χ4v) is 1.13. The Kier molecular flexibility index (Phi) is 41.1. The molecule has 114 valence electrons. The maximum absolute atomic E-state index is 2.12. The molecule has 0 fully saturated rings. The zero-order valence-electron chi connectivity index (χ0n) is 11.6. The van der Waals surface area contributed by atoms with Crippen molar-refractivity contribution >= 4 is 10.8 Å². The third-order valence-corrected chi connectivity index (χ3v) is 1.66. The highest BCUT2D eigenvalue weighted by molar-refractivity contribution is 5.81. The Morgan fingerprint density at radius 2 is 0.579 bits per heavy atom. The van der Waals surface area contributed by atoms with Crippen LogP contribution >= 0.6 is 0 Å². The van der Waals surface area contributed by atoms with Gasteiger partial charge >= 0.3 is 0 Å². The van der Waals surface area contributed by atoms with Crippen LogP contribution in [0.1, 0.15) is 63.8 Å². The van der Waals surface area contributed by atoms with Crippen LogP contribution in [0, 0.1) is 0 Å². The van der Waals surface area contributed by atoms with Gasteiger partial charge in [-0.25, -0.2) is 0 Å². The van der Waals surface area contributed by atoms with Crippen LogP contribution in [0.2, 0.25) is 0 Å². The molecule has 0 heterocycles. The first-order valence-electron chi connectivity index (χ1n) is 6.40. The summed E-state index contributed by atoms with van der Waals surface area (Å²) in [6.07, 6.45) is 0. The maximum atomic E-state index is 2.12. The Morgan fingerprint density at radius 1 is 0.421 bits per heavy atom. The molecule has 0 radical (unpaired) electrons. The van der Waals surface area contributed by atoms with Crippen molar-refractivity contribution in [3.8, 4) is 0 Å². The Balaban J connectivity index is -0.0000000653. The lowest BCUT2D eigenvalue weighted by atomic mass is 10.1. The van der Waals surface area contributed by atoms with E-state index in [1.54, 1.807) is 0 Å². The maximum Gasteiger partial charge on any atom is -0.0184 e. The van der Waals surface area contributed by atoms with Crippen LogP contribution in [0.15, 0.2) is 48.5 Å². The standard InChI is InChI=1S/C10H8.3C2H6.3CH4/c1-2-6-10-8-4-3-7-9(10)5-1;3*1-2;;;/h1-8H;3*1-2H3;3*1H4. The molecule has 0 atom stereocenters. The third kappa shape index (κ3) is 12.9. The molecule has 0 aliphatic rings. The third-order valence-electron chi connectivity index (χ3n) is 1.66. The average molecular weight is 267 g/mol. The van der Waals surface area contributed by atoms with E-state index >= 15 is 0 Å². The van der Waals surface area contributed by atoms with E-state index in [1.165, 1.54) is 10.8 Å². The van der Waals surface area contributed by atoms with Gasteiger partial charge in [0.25, 0.3) is 0 Å². The van der Waals surface area contributed by atoms with Crippen LogP contribution in [0.25, 0.3) is 10.8 Å². The lowest BCUT2D eigenvalue weighted by Gasteiger charge is -1.92. The Labute approximate surface area is 123 Å². The molecule has 0 aliphatic heterocycles. The SMILES string of the molecule is C.C.C.CC.CC.CC.c1ccc2ccccc2c1. The minimum atomic E-state index is 0. The van der Waals surface area contributed by atoms with Gasteiger partial charge in [-0.15, -0.1) is 0 Å². The first-order valence-corrected chi connectivity index (χ1v) is 6.40. The van der Waals surface area contributed by atoms with Gasteiger partial charge in [-0.1, -0.05) is 112 Å². The topological polar surface area (TPSA) is 0 Å². The van der Waals surface area contributed by atoms with E-state index in [0.717, 1.165) is 0 Å². The zero-order valence-corrected chi connectivity index (χ0v) is 11.6. The predicted octanol–water partition coefficient (Wildman–Crippen LogP) is 7.83. The minimum Gasteiger partial charge on any atom is -0.0776 e. The summed E-state index contributed by atoms with van der Waals surface area (Å²) in [5, 5.41) is 2.62. The highest BCUT2D eigenvalue weighted by atomic mass is 13.9. The van der Waals surface area contributed by atoms with Gasteiger partial charge in [-0.05, 0) is 10.8 Å². The summed E-state index contributed by atoms with van der Waals surface area (Å²) < 4.78 is 0. The fourth-order valence-electron chi connectivity index (χ4n) is 1.13. The molecule has 2 aromatic carbocycles. The van der Waals surface area contributed by atoms with Gasteiger partial charge in [0.05, 0.1) is 0 Å². The van der Waals surface area contributed by atoms with E-state index < -0.39 is 0 Å². The van der Waals surface area contributed by atoms with Crippen molar-refractivity contribution in [2.45, 2.75) is 63.8 Å². The molecule has 0 aromatic heterocycles. The fraction of sp³-hybridized carbons (Fsp3) is 0.474. The summed E-state index contributed by atoms with van der Waals surface area (Å²) in [5.41, 5.74) is 0. The summed E-state index contributed by atoms with van der Waals surface area (Å²) in [6.45, 7) is 12.0. The largest absolute Gasteiger partial charge is 0.0776 e. The molecule has 0 bridgehead atoms. The van der Waals surface area contributed by atoms with Crippen LogP contribution in [-0.4, -0.2) is 0 Å². The van der Waals surface area contributed by atoms with Crippen molar-refractivity contribution < 1.29 is 0 Å². The molecule has 0 heteroatoms. The van der Waals surface area contributed by atoms with Crippen LogP contribution in [-0.2, 0) is 0 Å². The molecule has 0 aliphatic carbocycles. The minimum absolute atomic E-state index is 0. The molecule has 19 heavy (non-hydrogen) atoms. The lowest BCUT2D eigenvalue weighted by Crippen LogP contribution is -1.67. The number of hydrogen-bond donors (Lipinski definition) is 0. The van der Waals surface area contributed by atoms with Gasteiger partial charge < -0.3 is 0 Å². The number of hydrogen-bond acceptors (Lipinski definition) is 0. The molecule has 0 saturated heterocycles. The van der Waals surface area contributed by atoms with Gasteiger partial charge in [0.15, 0.2) is 0 Å². The summed E-state index contributed by atoms with van der Waals surface area (Å²) in [4.78, 5) is 0. The van der Waals surface area contributed by atoms with E-state index in [2.05, 4.69) is 48.5 Å². The van der Waals surface area contributed by atoms with Gasteiger partial charge in [-0.3, -0.25) is 0 Å². The van der Waals surface area contributed by atoms with E-state index in [4.69, 9.17) is 0 Å². The van der Waals surface area contributed by atoms with Crippen LogP contribution in [0.3, 0.4) is 0 Å². The van der Waals surface area contributed by atoms with Gasteiger partial charge in [0.2, 0.25) is 0 Å². The molecular weight excluding hydrogens is 228 g/mol. The number of benzene rings is 2. The van der Waals surface area contributed by atoms with Gasteiger partial charge in [0, 0.05) is 0 Å². The molecule has 0 unspecified atom stereocenters. The van der Waals surface area contributed by atoms with Crippen LogP contribution in [0.4, 0.5) is 0 Å². The second kappa shape index (κ2) is 25.5.